The molecule has 5 amide bonds. The van der Waals surface area contributed by atoms with E-state index < -0.39 is 89.6 Å². The molecule has 5 heterocycles. The number of alkyl carbamates (subject to hydrolysis) is 2. The van der Waals surface area contributed by atoms with Crippen LogP contribution >= 0.6 is 0 Å². The maximum atomic E-state index is 15.4. The average molecular weight is 1090 g/mol. The fourth-order valence-electron chi connectivity index (χ4n) is 10.2. The minimum atomic E-state index is -2.17. The van der Waals surface area contributed by atoms with Gasteiger partial charge in [-0.15, -0.1) is 0 Å². The van der Waals surface area contributed by atoms with Crippen molar-refractivity contribution < 1.29 is 75.9 Å². The number of aryl methyl sites for hydroxylation is 1. The highest BCUT2D eigenvalue weighted by Gasteiger charge is 2.52. The number of carbonyl (C=O) groups excluding carboxylic acids is 8. The Morgan fingerprint density at radius 2 is 1.59 bits per heavy atom. The molecule has 2 aromatic heterocycles. The van der Waals surface area contributed by atoms with Gasteiger partial charge in [-0.25, -0.2) is 28.6 Å². The van der Waals surface area contributed by atoms with Gasteiger partial charge in [0.05, 0.1) is 87.5 Å². The van der Waals surface area contributed by atoms with Crippen molar-refractivity contribution in [2.75, 3.05) is 65.8 Å². The lowest BCUT2D eigenvalue weighted by molar-refractivity contribution is -0.191. The van der Waals surface area contributed by atoms with E-state index in [1.165, 1.54) is 17.6 Å². The van der Waals surface area contributed by atoms with E-state index in [2.05, 4.69) is 21.3 Å². The number of aromatic nitrogens is 2. The number of likely N-dealkylation sites (tertiary alicyclic amines) is 1. The standard InChI is InChI=1S/C54H70FN7O16/c1-8-54(36-25-40-47-34(28-62(40)48(67)35(36)29-75-50(54)69)45-38(58-32(5)63)12-11-33-31(4)37(55)26-39(59-47)44(33)45)77-49(68)46(30(2)3)60-52(71)76-43(66)13-15-56-41(64)14-19-72-21-23-74-24-22-73-20-16-57-51(70)78-53(6,7)27-42(65)61-17-9-10-18-61/h25-26,30,38,46H,8-24,27-29H2,1-7H3,(H,56,64)(H,57,70)(H,58,63)(H,60,71)/t38-,46-,54-/m0/s1. The Balaban J connectivity index is 0.832. The number of ether oxygens (including phenoxy) is 7. The first-order valence-electron chi connectivity index (χ1n) is 26.5. The van der Waals surface area contributed by atoms with E-state index in [1.54, 1.807) is 52.5 Å². The number of nitrogens with one attached hydrogen (secondary N) is 4. The highest BCUT2D eigenvalue weighted by Crippen LogP contribution is 2.46. The van der Waals surface area contributed by atoms with Crippen molar-refractivity contribution >= 4 is 58.7 Å². The van der Waals surface area contributed by atoms with Gasteiger partial charge in [0.25, 0.3) is 5.56 Å². The molecule has 0 saturated carbocycles. The third-order valence-electron chi connectivity index (χ3n) is 14.2. The number of hydrogen-bond acceptors (Lipinski definition) is 17. The molecule has 0 spiro atoms. The molecule has 0 bridgehead atoms. The molecular weight excluding hydrogens is 1020 g/mol. The van der Waals surface area contributed by atoms with Crippen molar-refractivity contribution in [3.05, 3.63) is 61.7 Å². The van der Waals surface area contributed by atoms with Crippen LogP contribution in [0, 0.1) is 18.7 Å². The first kappa shape index (κ1) is 58.6. The lowest BCUT2D eigenvalue weighted by atomic mass is 9.81. The lowest BCUT2D eigenvalue weighted by Gasteiger charge is -2.37. The number of fused-ring (bicyclic) bond motifs is 5. The number of hydrogen-bond donors (Lipinski definition) is 4. The summed E-state index contributed by atoms with van der Waals surface area (Å²) in [6, 6.07) is 0.965. The number of esters is 3. The summed E-state index contributed by atoms with van der Waals surface area (Å²) in [6.07, 6.45) is 0.500. The van der Waals surface area contributed by atoms with E-state index in [0.717, 1.165) is 37.1 Å². The second kappa shape index (κ2) is 25.6. The number of benzene rings is 1. The van der Waals surface area contributed by atoms with Gasteiger partial charge in [0, 0.05) is 62.1 Å². The zero-order valence-corrected chi connectivity index (χ0v) is 45.3. The molecule has 78 heavy (non-hydrogen) atoms. The Morgan fingerprint density at radius 3 is 2.27 bits per heavy atom. The maximum Gasteiger partial charge on any atom is 0.415 e. The van der Waals surface area contributed by atoms with Crippen LogP contribution in [0.15, 0.2) is 16.9 Å². The van der Waals surface area contributed by atoms with Gasteiger partial charge in [0.2, 0.25) is 23.3 Å². The summed E-state index contributed by atoms with van der Waals surface area (Å²) in [7, 11) is 0. The topological polar surface area (TPSA) is 287 Å². The van der Waals surface area contributed by atoms with E-state index in [1.807, 2.05) is 0 Å². The van der Waals surface area contributed by atoms with Crippen molar-refractivity contribution in [2.24, 2.45) is 5.92 Å². The van der Waals surface area contributed by atoms with Crippen molar-refractivity contribution in [1.82, 2.24) is 35.7 Å². The monoisotopic (exact) mass is 1090 g/mol. The van der Waals surface area contributed by atoms with E-state index in [4.69, 9.17) is 38.1 Å². The zero-order valence-electron chi connectivity index (χ0n) is 45.3. The Bertz CT molecular complexity index is 2880. The Labute approximate surface area is 450 Å². The third kappa shape index (κ3) is 13.6. The summed E-state index contributed by atoms with van der Waals surface area (Å²) >= 11 is 0. The van der Waals surface area contributed by atoms with Crippen LogP contribution in [0.4, 0.5) is 14.0 Å². The van der Waals surface area contributed by atoms with Crippen molar-refractivity contribution in [3.63, 3.8) is 0 Å². The minimum Gasteiger partial charge on any atom is -0.457 e. The molecule has 1 fully saturated rings. The van der Waals surface area contributed by atoms with Crippen LogP contribution < -0.4 is 26.8 Å². The van der Waals surface area contributed by atoms with Crippen molar-refractivity contribution in [1.29, 1.82) is 0 Å². The number of halogens is 1. The number of pyridine rings is 2. The smallest absolute Gasteiger partial charge is 0.415 e. The number of amides is 5. The zero-order chi connectivity index (χ0) is 56.5. The fourth-order valence-corrected chi connectivity index (χ4v) is 10.2. The van der Waals surface area contributed by atoms with Crippen LogP contribution in [0.5, 0.6) is 0 Å². The van der Waals surface area contributed by atoms with Gasteiger partial charge >= 0.3 is 30.1 Å². The van der Waals surface area contributed by atoms with Gasteiger partial charge in [0.15, 0.2) is 0 Å². The molecule has 3 atom stereocenters. The van der Waals surface area contributed by atoms with E-state index in [-0.39, 0.29) is 107 Å². The molecule has 4 aliphatic rings. The Kier molecular flexibility index (Phi) is 19.3. The Hall–Kier alpha value is -7.05. The average Bonchev–Trinajstić information content (AvgIpc) is 4.16. The highest BCUT2D eigenvalue weighted by atomic mass is 19.1. The molecule has 424 valence electrons. The number of rotatable bonds is 24. The second-order valence-corrected chi connectivity index (χ2v) is 20.6. The normalized spacial score (nSPS) is 17.6. The Morgan fingerprint density at radius 1 is 0.897 bits per heavy atom. The van der Waals surface area contributed by atoms with Gasteiger partial charge in [-0.2, -0.15) is 0 Å². The summed E-state index contributed by atoms with van der Waals surface area (Å²) in [5.74, 6) is -4.92. The van der Waals surface area contributed by atoms with Crippen LogP contribution in [-0.4, -0.2) is 140 Å². The molecule has 1 saturated heterocycles. The molecule has 24 heteroatoms. The molecule has 23 nitrogen and oxygen atoms in total. The minimum absolute atomic E-state index is 0.0305. The quantitative estimate of drug-likeness (QED) is 0.0334. The molecule has 3 aromatic rings. The summed E-state index contributed by atoms with van der Waals surface area (Å²) in [6.45, 7) is 13.6. The molecule has 3 aliphatic heterocycles. The molecule has 1 aliphatic carbocycles. The lowest BCUT2D eigenvalue weighted by Crippen LogP contribution is -2.52. The predicted molar refractivity (Wildman–Crippen MR) is 275 cm³/mol. The summed E-state index contributed by atoms with van der Waals surface area (Å²) < 4.78 is 55.0. The molecule has 4 N–H and O–H groups in total. The summed E-state index contributed by atoms with van der Waals surface area (Å²) in [5.41, 5.74) is 0.0451. The van der Waals surface area contributed by atoms with Gasteiger partial charge in [-0.05, 0) is 81.5 Å². The first-order valence-corrected chi connectivity index (χ1v) is 26.5. The summed E-state index contributed by atoms with van der Waals surface area (Å²) in [5, 5.41) is 11.2. The van der Waals surface area contributed by atoms with Crippen LogP contribution in [0.2, 0.25) is 0 Å². The number of carbonyl (C=O) groups is 8. The maximum absolute atomic E-state index is 15.4. The van der Waals surface area contributed by atoms with E-state index >= 15 is 4.39 Å². The van der Waals surface area contributed by atoms with Crippen LogP contribution in [0.3, 0.4) is 0 Å². The highest BCUT2D eigenvalue weighted by molar-refractivity contribution is 5.95. The molecule has 0 unspecified atom stereocenters. The molecule has 1 aromatic carbocycles. The van der Waals surface area contributed by atoms with Gasteiger partial charge in [-0.1, -0.05) is 20.8 Å². The molecule has 0 radical (unpaired) electrons. The largest absolute Gasteiger partial charge is 0.457 e. The fraction of sp³-hybridized carbons (Fsp3) is 0.593. The second-order valence-electron chi connectivity index (χ2n) is 20.6. The number of cyclic esters (lactones) is 1. The van der Waals surface area contributed by atoms with Crippen LogP contribution in [0.1, 0.15) is 126 Å². The molecule has 7 rings (SSSR count). The van der Waals surface area contributed by atoms with Crippen LogP contribution in [0.25, 0.3) is 22.3 Å². The van der Waals surface area contributed by atoms with E-state index in [0.29, 0.717) is 40.6 Å². The van der Waals surface area contributed by atoms with Gasteiger partial charge < -0.3 is 63.9 Å². The third-order valence-corrected chi connectivity index (χ3v) is 14.2. The SMILES string of the molecule is CC[C@@]1(OC(=O)[C@@H](NC(=O)OC(=O)CCNC(=O)CCOCCOCCOCCNC(=O)OC(C)(C)CC(=O)N2CCCC2)C(C)C)C(=O)OCc2c1cc1n(c2=O)Cc2c-1nc1cc(F)c(C)c3c1c2[C@@H](NC(C)=O)CC3. The van der Waals surface area contributed by atoms with Gasteiger partial charge in [0.1, 0.15) is 24.1 Å². The first-order chi connectivity index (χ1) is 37.1. The van der Waals surface area contributed by atoms with Crippen molar-refractivity contribution in [3.8, 4) is 11.4 Å². The van der Waals surface area contributed by atoms with Crippen LogP contribution in [-0.2, 0) is 87.1 Å². The summed E-state index contributed by atoms with van der Waals surface area (Å²) in [4.78, 5) is 124. The van der Waals surface area contributed by atoms with E-state index in [9.17, 15) is 43.2 Å². The number of nitrogens with zero attached hydrogens (tertiary/aromatic N) is 3. The van der Waals surface area contributed by atoms with Gasteiger partial charge in [-0.3, -0.25) is 24.0 Å². The predicted octanol–water partition coefficient (Wildman–Crippen LogP) is 3.94. The molecular formula is C54H70FN7O16. The van der Waals surface area contributed by atoms with Crippen molar-refractivity contribution in [2.45, 2.75) is 136 Å².